The number of aliphatic imine (C=N–C) groups is 1. The number of amidine groups is 1. The molecule has 2 aliphatic rings. The predicted molar refractivity (Wildman–Crippen MR) is 90.9 cm³/mol. The van der Waals surface area contributed by atoms with Crippen molar-refractivity contribution < 1.29 is 14.7 Å². The Morgan fingerprint density at radius 1 is 1.30 bits per heavy atom. The van der Waals surface area contributed by atoms with Gasteiger partial charge in [0.2, 0.25) is 0 Å². The van der Waals surface area contributed by atoms with Gasteiger partial charge < -0.3 is 10.0 Å². The molecule has 1 N–H and O–H groups in total. The Balaban J connectivity index is 0.00000192. The standard InChI is InChI=1S/C17H20N2O3.ClH/c1-17(2)9-5-6-10-19(17)15-13(16(21)22)14(20)11-7-3-4-8-12(11)18-15;/h3-4,7-8,13H,5-6,9-10H2,1-2H3,(H,21,22);1H. The van der Waals surface area contributed by atoms with E-state index in [2.05, 4.69) is 18.8 Å². The van der Waals surface area contributed by atoms with Crippen molar-refractivity contribution in [1.82, 2.24) is 4.90 Å². The summed E-state index contributed by atoms with van der Waals surface area (Å²) < 4.78 is 0. The first kappa shape index (κ1) is 17.5. The first-order chi connectivity index (χ1) is 10.4. The zero-order chi connectivity index (χ0) is 15.9. The molecule has 1 aromatic carbocycles. The number of carboxylic acid groups (broad SMARTS) is 1. The van der Waals surface area contributed by atoms with Gasteiger partial charge in [-0.25, -0.2) is 4.99 Å². The second kappa shape index (κ2) is 6.32. The normalized spacial score (nSPS) is 22.7. The molecular weight excluding hydrogens is 316 g/mol. The van der Waals surface area contributed by atoms with Crippen molar-refractivity contribution in [2.75, 3.05) is 6.54 Å². The second-order valence-corrected chi connectivity index (χ2v) is 6.54. The minimum absolute atomic E-state index is 0. The molecule has 1 unspecified atom stereocenters. The van der Waals surface area contributed by atoms with Gasteiger partial charge >= 0.3 is 5.97 Å². The Morgan fingerprint density at radius 3 is 2.65 bits per heavy atom. The first-order valence-corrected chi connectivity index (χ1v) is 7.64. The van der Waals surface area contributed by atoms with Crippen LogP contribution in [0.1, 0.15) is 43.5 Å². The van der Waals surface area contributed by atoms with E-state index >= 15 is 0 Å². The number of benzene rings is 1. The van der Waals surface area contributed by atoms with Crippen molar-refractivity contribution in [2.24, 2.45) is 10.9 Å². The van der Waals surface area contributed by atoms with E-state index < -0.39 is 11.9 Å². The number of carboxylic acids is 1. The molecule has 2 aliphatic heterocycles. The summed E-state index contributed by atoms with van der Waals surface area (Å²) in [4.78, 5) is 30.9. The molecule has 23 heavy (non-hydrogen) atoms. The summed E-state index contributed by atoms with van der Waals surface area (Å²) in [6, 6.07) is 6.97. The fourth-order valence-corrected chi connectivity index (χ4v) is 3.37. The number of rotatable bonds is 1. The SMILES string of the molecule is CC1(C)CCCCN1C1=Nc2ccccc2C(=O)C1C(=O)O.Cl. The topological polar surface area (TPSA) is 70.0 Å². The number of carbonyl (C=O) groups excluding carboxylic acids is 1. The van der Waals surface area contributed by atoms with Gasteiger partial charge in [0.05, 0.1) is 5.69 Å². The molecule has 0 amide bonds. The Bertz CT molecular complexity index is 670. The Kier molecular flexibility index (Phi) is 4.80. The smallest absolute Gasteiger partial charge is 0.322 e. The van der Waals surface area contributed by atoms with Crippen molar-refractivity contribution in [3.8, 4) is 0 Å². The van der Waals surface area contributed by atoms with Crippen LogP contribution in [0.15, 0.2) is 29.3 Å². The van der Waals surface area contributed by atoms with Crippen molar-refractivity contribution in [1.29, 1.82) is 0 Å². The van der Waals surface area contributed by atoms with Gasteiger partial charge in [0.25, 0.3) is 0 Å². The third-order valence-electron chi connectivity index (χ3n) is 4.60. The maximum absolute atomic E-state index is 12.6. The van der Waals surface area contributed by atoms with Crippen molar-refractivity contribution in [3.05, 3.63) is 29.8 Å². The summed E-state index contributed by atoms with van der Waals surface area (Å²) in [7, 11) is 0. The van der Waals surface area contributed by atoms with Crippen LogP contribution in [0.3, 0.4) is 0 Å². The third kappa shape index (κ3) is 2.98. The highest BCUT2D eigenvalue weighted by molar-refractivity contribution is 6.26. The van der Waals surface area contributed by atoms with E-state index in [1.165, 1.54) is 0 Å². The molecule has 1 aromatic rings. The summed E-state index contributed by atoms with van der Waals surface area (Å²) in [6.45, 7) is 4.90. The Hall–Kier alpha value is -1.88. The van der Waals surface area contributed by atoms with E-state index in [1.807, 2.05) is 11.0 Å². The molecule has 0 saturated carbocycles. The molecule has 1 atom stereocenters. The van der Waals surface area contributed by atoms with E-state index in [1.54, 1.807) is 18.2 Å². The average molecular weight is 337 g/mol. The minimum Gasteiger partial charge on any atom is -0.480 e. The lowest BCUT2D eigenvalue weighted by Crippen LogP contribution is -2.55. The molecule has 1 fully saturated rings. The summed E-state index contributed by atoms with van der Waals surface area (Å²) >= 11 is 0. The number of nitrogens with zero attached hydrogens (tertiary/aromatic N) is 2. The molecule has 1 saturated heterocycles. The lowest BCUT2D eigenvalue weighted by atomic mass is 9.85. The summed E-state index contributed by atoms with van der Waals surface area (Å²) in [5, 5.41) is 9.58. The number of likely N-dealkylation sites (tertiary alicyclic amines) is 1. The molecule has 0 bridgehead atoms. The van der Waals surface area contributed by atoms with Crippen LogP contribution in [0.5, 0.6) is 0 Å². The van der Waals surface area contributed by atoms with Crippen LogP contribution in [0.2, 0.25) is 0 Å². The van der Waals surface area contributed by atoms with Gasteiger partial charge in [-0.2, -0.15) is 0 Å². The van der Waals surface area contributed by atoms with Crippen LogP contribution in [0, 0.1) is 5.92 Å². The number of carbonyl (C=O) groups is 2. The largest absolute Gasteiger partial charge is 0.480 e. The molecule has 0 aliphatic carbocycles. The number of para-hydroxylation sites is 1. The van der Waals surface area contributed by atoms with E-state index in [0.29, 0.717) is 17.1 Å². The lowest BCUT2D eigenvalue weighted by Gasteiger charge is -2.46. The highest BCUT2D eigenvalue weighted by Gasteiger charge is 2.43. The predicted octanol–water partition coefficient (Wildman–Crippen LogP) is 3.30. The fraction of sp³-hybridized carbons (Fsp3) is 0.471. The van der Waals surface area contributed by atoms with Gasteiger partial charge in [0.15, 0.2) is 11.7 Å². The molecule has 0 radical (unpaired) electrons. The summed E-state index contributed by atoms with van der Waals surface area (Å²) in [6.07, 6.45) is 3.07. The number of Topliss-reactive ketones (excluding diaryl/α,β-unsaturated/α-hetero) is 1. The molecule has 2 heterocycles. The number of aliphatic carboxylic acids is 1. The van der Waals surface area contributed by atoms with E-state index in [9.17, 15) is 14.7 Å². The Morgan fingerprint density at radius 2 is 2.00 bits per heavy atom. The molecule has 0 spiro atoms. The Labute approximate surface area is 141 Å². The monoisotopic (exact) mass is 336 g/mol. The number of ketones is 1. The van der Waals surface area contributed by atoms with Gasteiger partial charge in [0.1, 0.15) is 5.84 Å². The number of hydrogen-bond acceptors (Lipinski definition) is 4. The van der Waals surface area contributed by atoms with Gasteiger partial charge in [-0.3, -0.25) is 9.59 Å². The van der Waals surface area contributed by atoms with E-state index in [4.69, 9.17) is 0 Å². The van der Waals surface area contributed by atoms with Crippen LogP contribution < -0.4 is 0 Å². The fourth-order valence-electron chi connectivity index (χ4n) is 3.37. The third-order valence-corrected chi connectivity index (χ3v) is 4.60. The first-order valence-electron chi connectivity index (χ1n) is 7.64. The van der Waals surface area contributed by atoms with Gasteiger partial charge in [0, 0.05) is 17.6 Å². The number of hydrogen-bond donors (Lipinski definition) is 1. The minimum atomic E-state index is -1.20. The second-order valence-electron chi connectivity index (χ2n) is 6.54. The van der Waals surface area contributed by atoms with Crippen LogP contribution in [-0.2, 0) is 4.79 Å². The quantitative estimate of drug-likeness (QED) is 0.799. The highest BCUT2D eigenvalue weighted by atomic mass is 35.5. The summed E-state index contributed by atoms with van der Waals surface area (Å²) in [5.41, 5.74) is 0.784. The van der Waals surface area contributed by atoms with Crippen molar-refractivity contribution in [2.45, 2.75) is 38.6 Å². The van der Waals surface area contributed by atoms with Crippen LogP contribution in [0.25, 0.3) is 0 Å². The average Bonchev–Trinajstić information content (AvgIpc) is 2.46. The summed E-state index contributed by atoms with van der Waals surface area (Å²) in [5.74, 6) is -2.30. The number of halogens is 1. The lowest BCUT2D eigenvalue weighted by molar-refractivity contribution is -0.138. The van der Waals surface area contributed by atoms with Gasteiger partial charge in [-0.15, -0.1) is 12.4 Å². The van der Waals surface area contributed by atoms with E-state index in [-0.39, 0.29) is 23.7 Å². The van der Waals surface area contributed by atoms with Crippen LogP contribution >= 0.6 is 12.4 Å². The zero-order valence-corrected chi connectivity index (χ0v) is 14.1. The molecule has 0 aromatic heterocycles. The maximum Gasteiger partial charge on any atom is 0.322 e. The molecule has 5 nitrogen and oxygen atoms in total. The number of piperidine rings is 1. The van der Waals surface area contributed by atoms with Crippen LogP contribution in [0.4, 0.5) is 5.69 Å². The van der Waals surface area contributed by atoms with E-state index in [0.717, 1.165) is 25.8 Å². The molecule has 6 heteroatoms. The maximum atomic E-state index is 12.6. The molecular formula is C17H21ClN2O3. The zero-order valence-electron chi connectivity index (χ0n) is 13.3. The van der Waals surface area contributed by atoms with Gasteiger partial charge in [-0.05, 0) is 45.2 Å². The molecule has 3 rings (SSSR count). The van der Waals surface area contributed by atoms with Crippen molar-refractivity contribution >= 4 is 35.7 Å². The number of fused-ring (bicyclic) bond motifs is 1. The van der Waals surface area contributed by atoms with Crippen LogP contribution in [-0.4, -0.2) is 39.7 Å². The van der Waals surface area contributed by atoms with Crippen molar-refractivity contribution in [3.63, 3.8) is 0 Å². The highest BCUT2D eigenvalue weighted by Crippen LogP contribution is 2.35. The molecule has 124 valence electrons. The van der Waals surface area contributed by atoms with Gasteiger partial charge in [-0.1, -0.05) is 12.1 Å².